The third-order valence-electron chi connectivity index (χ3n) is 4.78. The van der Waals surface area contributed by atoms with Gasteiger partial charge in [-0.1, -0.05) is 12.2 Å². The van der Waals surface area contributed by atoms with Gasteiger partial charge in [-0.25, -0.2) is 4.98 Å². The largest absolute Gasteiger partial charge is 0.341 e. The van der Waals surface area contributed by atoms with Crippen LogP contribution >= 0.6 is 0 Å². The predicted molar refractivity (Wildman–Crippen MR) is 86.2 cm³/mol. The van der Waals surface area contributed by atoms with Crippen molar-refractivity contribution in [2.75, 3.05) is 26.2 Å². The number of carbonyl (C=O) groups is 1. The number of imidazole rings is 1. The van der Waals surface area contributed by atoms with Gasteiger partial charge >= 0.3 is 0 Å². The smallest absolute Gasteiger partial charge is 0.223 e. The summed E-state index contributed by atoms with van der Waals surface area (Å²) in [6, 6.07) is 0. The molecule has 2 heterocycles. The van der Waals surface area contributed by atoms with Gasteiger partial charge in [0.1, 0.15) is 5.82 Å². The summed E-state index contributed by atoms with van der Waals surface area (Å²) >= 11 is 0. The Morgan fingerprint density at radius 3 is 2.95 bits per heavy atom. The van der Waals surface area contributed by atoms with Crippen molar-refractivity contribution < 1.29 is 4.79 Å². The fraction of sp³-hybridized carbons (Fsp3) is 0.647. The molecule has 120 valence electrons. The van der Waals surface area contributed by atoms with Gasteiger partial charge in [0, 0.05) is 52.0 Å². The van der Waals surface area contributed by atoms with Crippen molar-refractivity contribution in [3.05, 3.63) is 30.4 Å². The summed E-state index contributed by atoms with van der Waals surface area (Å²) in [6.45, 7) is 4.60. The molecule has 1 aliphatic carbocycles. The van der Waals surface area contributed by atoms with Crippen molar-refractivity contribution in [3.63, 3.8) is 0 Å². The summed E-state index contributed by atoms with van der Waals surface area (Å²) in [5.74, 6) is 1.89. The van der Waals surface area contributed by atoms with Gasteiger partial charge in [0.15, 0.2) is 0 Å². The lowest BCUT2D eigenvalue weighted by molar-refractivity contribution is -0.131. The van der Waals surface area contributed by atoms with Gasteiger partial charge in [-0.3, -0.25) is 9.69 Å². The van der Waals surface area contributed by atoms with Crippen LogP contribution in [0.15, 0.2) is 24.5 Å². The molecule has 1 fully saturated rings. The van der Waals surface area contributed by atoms with E-state index in [1.165, 1.54) is 0 Å². The standard InChI is InChI=1S/C17H26N4O/c1-19-10-7-18-16(19)14-20-8-4-9-21(12-11-20)17(22)13-15-5-2-3-6-15/h2,5,7,10,15H,3-4,6,8-9,11-14H2,1H3/t15-/m0/s1. The van der Waals surface area contributed by atoms with E-state index in [4.69, 9.17) is 0 Å². The lowest BCUT2D eigenvalue weighted by Gasteiger charge is -2.23. The third-order valence-corrected chi connectivity index (χ3v) is 4.78. The van der Waals surface area contributed by atoms with E-state index < -0.39 is 0 Å². The van der Waals surface area contributed by atoms with Crippen molar-refractivity contribution in [2.24, 2.45) is 13.0 Å². The van der Waals surface area contributed by atoms with Crippen LogP contribution in [0.3, 0.4) is 0 Å². The van der Waals surface area contributed by atoms with Crippen LogP contribution in [0.5, 0.6) is 0 Å². The Bertz CT molecular complexity index is 537. The zero-order valence-corrected chi connectivity index (χ0v) is 13.4. The zero-order chi connectivity index (χ0) is 15.4. The summed E-state index contributed by atoms with van der Waals surface area (Å²) in [5.41, 5.74) is 0. The highest BCUT2D eigenvalue weighted by molar-refractivity contribution is 5.76. The molecule has 1 aromatic heterocycles. The van der Waals surface area contributed by atoms with Crippen LogP contribution in [0.1, 0.15) is 31.5 Å². The van der Waals surface area contributed by atoms with Crippen molar-refractivity contribution in [1.29, 1.82) is 0 Å². The Balaban J connectivity index is 1.50. The molecule has 0 saturated carbocycles. The molecule has 5 heteroatoms. The van der Waals surface area contributed by atoms with Gasteiger partial charge in [-0.2, -0.15) is 0 Å². The summed E-state index contributed by atoms with van der Waals surface area (Å²) < 4.78 is 2.07. The minimum absolute atomic E-state index is 0.329. The Hall–Kier alpha value is -1.62. The van der Waals surface area contributed by atoms with Crippen molar-refractivity contribution in [2.45, 2.75) is 32.2 Å². The van der Waals surface area contributed by atoms with E-state index in [-0.39, 0.29) is 0 Å². The maximum Gasteiger partial charge on any atom is 0.223 e. The summed E-state index contributed by atoms with van der Waals surface area (Å²) in [6.07, 6.45) is 12.3. The molecule has 1 amide bonds. The second kappa shape index (κ2) is 7.09. The molecular formula is C17H26N4O. The topological polar surface area (TPSA) is 41.4 Å². The van der Waals surface area contributed by atoms with Crippen LogP contribution in [0, 0.1) is 5.92 Å². The number of aromatic nitrogens is 2. The van der Waals surface area contributed by atoms with E-state index in [1.807, 2.05) is 19.4 Å². The summed E-state index contributed by atoms with van der Waals surface area (Å²) in [4.78, 5) is 21.3. The van der Waals surface area contributed by atoms with Gasteiger partial charge in [0.05, 0.1) is 6.54 Å². The van der Waals surface area contributed by atoms with E-state index in [1.54, 1.807) is 0 Å². The highest BCUT2D eigenvalue weighted by Gasteiger charge is 2.22. The Morgan fingerprint density at radius 2 is 2.23 bits per heavy atom. The molecule has 5 nitrogen and oxygen atoms in total. The van der Waals surface area contributed by atoms with Gasteiger partial charge in [-0.05, 0) is 25.2 Å². The van der Waals surface area contributed by atoms with Crippen molar-refractivity contribution in [1.82, 2.24) is 19.4 Å². The monoisotopic (exact) mass is 302 g/mol. The van der Waals surface area contributed by atoms with Crippen LogP contribution in [0.25, 0.3) is 0 Å². The quantitative estimate of drug-likeness (QED) is 0.797. The fourth-order valence-corrected chi connectivity index (χ4v) is 3.35. The van der Waals surface area contributed by atoms with E-state index in [9.17, 15) is 4.79 Å². The molecule has 0 bridgehead atoms. The Kier molecular flexibility index (Phi) is 4.93. The summed E-state index contributed by atoms with van der Waals surface area (Å²) in [7, 11) is 2.03. The third kappa shape index (κ3) is 3.77. The lowest BCUT2D eigenvalue weighted by Crippen LogP contribution is -2.35. The molecule has 1 aromatic rings. The molecule has 0 N–H and O–H groups in total. The van der Waals surface area contributed by atoms with Crippen LogP contribution < -0.4 is 0 Å². The first-order chi connectivity index (χ1) is 10.7. The highest BCUT2D eigenvalue weighted by atomic mass is 16.2. The second-order valence-electron chi connectivity index (χ2n) is 6.43. The number of hydrogen-bond acceptors (Lipinski definition) is 3. The number of nitrogens with zero attached hydrogens (tertiary/aromatic N) is 4. The first kappa shape index (κ1) is 15.3. The maximum atomic E-state index is 12.4. The number of rotatable bonds is 4. The molecule has 3 rings (SSSR count). The molecule has 1 aliphatic heterocycles. The van der Waals surface area contributed by atoms with Crippen LogP contribution in [0.4, 0.5) is 0 Å². The number of allylic oxidation sites excluding steroid dienone is 2. The molecule has 2 aliphatic rings. The number of aryl methyl sites for hydroxylation is 1. The van der Waals surface area contributed by atoms with Gasteiger partial charge in [0.2, 0.25) is 5.91 Å². The molecule has 1 saturated heterocycles. The van der Waals surface area contributed by atoms with E-state index in [2.05, 4.69) is 31.5 Å². The summed E-state index contributed by atoms with van der Waals surface area (Å²) in [5, 5.41) is 0. The minimum Gasteiger partial charge on any atom is -0.341 e. The molecule has 1 atom stereocenters. The van der Waals surface area contributed by atoms with E-state index >= 15 is 0 Å². The average molecular weight is 302 g/mol. The number of amides is 1. The molecule has 0 unspecified atom stereocenters. The molecule has 0 aromatic carbocycles. The van der Waals surface area contributed by atoms with E-state index in [0.29, 0.717) is 18.2 Å². The Labute approximate surface area is 132 Å². The number of hydrogen-bond donors (Lipinski definition) is 0. The van der Waals surface area contributed by atoms with E-state index in [0.717, 1.165) is 57.8 Å². The van der Waals surface area contributed by atoms with Gasteiger partial charge in [0.25, 0.3) is 0 Å². The fourth-order valence-electron chi connectivity index (χ4n) is 3.35. The Morgan fingerprint density at radius 1 is 1.32 bits per heavy atom. The average Bonchev–Trinajstić information content (AvgIpc) is 3.08. The maximum absolute atomic E-state index is 12.4. The lowest BCUT2D eigenvalue weighted by atomic mass is 10.0. The van der Waals surface area contributed by atoms with Crippen molar-refractivity contribution >= 4 is 5.91 Å². The van der Waals surface area contributed by atoms with Crippen LogP contribution in [0.2, 0.25) is 0 Å². The first-order valence-corrected chi connectivity index (χ1v) is 8.35. The van der Waals surface area contributed by atoms with Gasteiger partial charge < -0.3 is 9.47 Å². The van der Waals surface area contributed by atoms with Crippen molar-refractivity contribution in [3.8, 4) is 0 Å². The number of carbonyl (C=O) groups excluding carboxylic acids is 1. The predicted octanol–water partition coefficient (Wildman–Crippen LogP) is 1.81. The highest BCUT2D eigenvalue weighted by Crippen LogP contribution is 2.21. The van der Waals surface area contributed by atoms with Crippen LogP contribution in [-0.4, -0.2) is 51.4 Å². The minimum atomic E-state index is 0.329. The first-order valence-electron chi connectivity index (χ1n) is 8.35. The normalized spacial score (nSPS) is 23.0. The molecule has 22 heavy (non-hydrogen) atoms. The second-order valence-corrected chi connectivity index (χ2v) is 6.43. The molecular weight excluding hydrogens is 276 g/mol. The van der Waals surface area contributed by atoms with Gasteiger partial charge in [-0.15, -0.1) is 0 Å². The molecule has 0 radical (unpaired) electrons. The SMILES string of the molecule is Cn1ccnc1CN1CCCN(C(=O)C[C@H]2C=CCC2)CC1. The van der Waals surface area contributed by atoms with Crippen LogP contribution in [-0.2, 0) is 18.4 Å². The molecule has 0 spiro atoms. The zero-order valence-electron chi connectivity index (χ0n) is 13.4.